The topological polar surface area (TPSA) is 121 Å². The fourth-order valence-corrected chi connectivity index (χ4v) is 4.43. The maximum atomic E-state index is 13.2. The Kier molecular flexibility index (Phi) is 5.99. The number of aliphatic carboxylic acids is 1. The minimum absolute atomic E-state index is 0.224. The lowest BCUT2D eigenvalue weighted by atomic mass is 10.1. The molecule has 2 atom stereocenters. The molecule has 2 aromatic carbocycles. The fourth-order valence-electron chi connectivity index (χ4n) is 2.76. The molecule has 2 amide bonds. The van der Waals surface area contributed by atoms with Crippen molar-refractivity contribution >= 4 is 22.0 Å². The summed E-state index contributed by atoms with van der Waals surface area (Å²) in [5, 5.41) is 18.9. The van der Waals surface area contributed by atoms with Gasteiger partial charge in [-0.15, -0.1) is 3.89 Å². The number of rotatable bonds is 6. The monoisotopic (exact) mass is 393 g/mol. The number of benzene rings is 2. The molecular weight excluding hydrogens is 372 g/mol. The van der Waals surface area contributed by atoms with Crippen LogP contribution in [0.2, 0.25) is 0 Å². The number of carbonyl (C=O) groups excluding carboxylic acids is 1. The normalized spacial score (nSPS) is 14.8. The predicted molar refractivity (Wildman–Crippen MR) is 96.4 cm³/mol. The lowest BCUT2D eigenvalue weighted by Gasteiger charge is -2.34. The van der Waals surface area contributed by atoms with Gasteiger partial charge in [0.2, 0.25) is 6.04 Å². The standard InChI is InChI=1S/C18H20N2O6S/c1-13-8-10-15(11-9-13)27(25,26)20(2,18(23)19-24)16(17(21)22)12-14-6-4-3-5-7-14/h3-11,16H,12H2,1-2H3,(H2-,19,21,22,23,24)/p+1. The van der Waals surface area contributed by atoms with Gasteiger partial charge in [0.15, 0.2) is 0 Å². The number of quaternary nitrogens is 1. The van der Waals surface area contributed by atoms with Gasteiger partial charge in [0.05, 0.1) is 7.05 Å². The number of urea groups is 1. The predicted octanol–water partition coefficient (Wildman–Crippen LogP) is 1.93. The van der Waals surface area contributed by atoms with E-state index in [4.69, 9.17) is 5.21 Å². The molecule has 0 aliphatic rings. The molecule has 2 unspecified atom stereocenters. The Hall–Kier alpha value is -2.75. The number of sulfonamides is 1. The molecular formula is C18H21N2O6S+. The number of carbonyl (C=O) groups is 2. The van der Waals surface area contributed by atoms with E-state index in [1.165, 1.54) is 17.6 Å². The minimum Gasteiger partial charge on any atom is -0.477 e. The maximum absolute atomic E-state index is 13.2. The molecule has 0 spiro atoms. The molecule has 8 nitrogen and oxygen atoms in total. The zero-order chi connectivity index (χ0) is 20.2. The van der Waals surface area contributed by atoms with Crippen molar-refractivity contribution in [3.63, 3.8) is 0 Å². The summed E-state index contributed by atoms with van der Waals surface area (Å²) < 4.78 is 24.9. The van der Waals surface area contributed by atoms with Gasteiger partial charge in [-0.3, -0.25) is 5.21 Å². The summed E-state index contributed by atoms with van der Waals surface area (Å²) in [5.41, 5.74) is 2.65. The smallest absolute Gasteiger partial charge is 0.456 e. The summed E-state index contributed by atoms with van der Waals surface area (Å²) in [6, 6.07) is 11.0. The van der Waals surface area contributed by atoms with Crippen molar-refractivity contribution in [1.29, 1.82) is 0 Å². The van der Waals surface area contributed by atoms with Crippen LogP contribution in [0.1, 0.15) is 11.1 Å². The van der Waals surface area contributed by atoms with E-state index in [0.717, 1.165) is 12.6 Å². The zero-order valence-corrected chi connectivity index (χ0v) is 15.7. The zero-order valence-electron chi connectivity index (χ0n) is 14.9. The Balaban J connectivity index is 2.64. The van der Waals surface area contributed by atoms with Crippen LogP contribution in [0.25, 0.3) is 0 Å². The van der Waals surface area contributed by atoms with Gasteiger partial charge in [-0.1, -0.05) is 48.0 Å². The second kappa shape index (κ2) is 7.87. The van der Waals surface area contributed by atoms with E-state index < -0.39 is 32.0 Å². The Morgan fingerprint density at radius 3 is 2.11 bits per heavy atom. The number of likely N-dealkylation sites (N-methyl/N-ethyl adjacent to an activating group) is 1. The summed E-state index contributed by atoms with van der Waals surface area (Å²) in [7, 11) is -3.55. The van der Waals surface area contributed by atoms with E-state index >= 15 is 0 Å². The first kappa shape index (κ1) is 20.6. The first-order valence-electron chi connectivity index (χ1n) is 8.04. The molecule has 9 heteroatoms. The van der Waals surface area contributed by atoms with Gasteiger partial charge in [0.1, 0.15) is 4.90 Å². The second-order valence-corrected chi connectivity index (χ2v) is 8.42. The van der Waals surface area contributed by atoms with Gasteiger partial charge < -0.3 is 5.11 Å². The molecule has 0 heterocycles. The van der Waals surface area contributed by atoms with Crippen LogP contribution in [0.3, 0.4) is 0 Å². The average molecular weight is 393 g/mol. The first-order valence-corrected chi connectivity index (χ1v) is 9.48. The van der Waals surface area contributed by atoms with E-state index in [-0.39, 0.29) is 11.3 Å². The first-order chi connectivity index (χ1) is 12.6. The summed E-state index contributed by atoms with van der Waals surface area (Å²) in [6.07, 6.45) is -0.231. The van der Waals surface area contributed by atoms with Crippen molar-refractivity contribution in [2.24, 2.45) is 0 Å². The molecule has 27 heavy (non-hydrogen) atoms. The number of hydrogen-bond acceptors (Lipinski definition) is 5. The quantitative estimate of drug-likeness (QED) is 0.392. The average Bonchev–Trinajstić information content (AvgIpc) is 2.65. The number of hydroxylamine groups is 1. The lowest BCUT2D eigenvalue weighted by Crippen LogP contribution is -2.65. The molecule has 0 bridgehead atoms. The maximum Gasteiger partial charge on any atom is 0.456 e. The van der Waals surface area contributed by atoms with E-state index in [1.54, 1.807) is 49.4 Å². The lowest BCUT2D eigenvalue weighted by molar-refractivity contribution is -0.721. The van der Waals surface area contributed by atoms with Crippen LogP contribution in [-0.4, -0.2) is 47.7 Å². The van der Waals surface area contributed by atoms with Gasteiger partial charge in [0.25, 0.3) is 0 Å². The highest BCUT2D eigenvalue weighted by Gasteiger charge is 2.55. The van der Waals surface area contributed by atoms with Crippen molar-refractivity contribution in [2.75, 3.05) is 7.05 Å². The third-order valence-corrected chi connectivity index (χ3v) is 6.76. The minimum atomic E-state index is -4.51. The highest BCUT2D eigenvalue weighted by atomic mass is 32.2. The number of aryl methyl sites for hydroxylation is 1. The molecule has 144 valence electrons. The molecule has 0 saturated heterocycles. The van der Waals surface area contributed by atoms with Crippen molar-refractivity contribution < 1.29 is 32.2 Å². The number of nitrogens with one attached hydrogen (secondary N) is 1. The largest absolute Gasteiger partial charge is 0.477 e. The van der Waals surface area contributed by atoms with Crippen LogP contribution in [0.4, 0.5) is 4.79 Å². The van der Waals surface area contributed by atoms with Crippen molar-refractivity contribution in [1.82, 2.24) is 5.48 Å². The van der Waals surface area contributed by atoms with E-state index in [9.17, 15) is 23.1 Å². The highest BCUT2D eigenvalue weighted by molar-refractivity contribution is 7.86. The van der Waals surface area contributed by atoms with Crippen LogP contribution >= 0.6 is 0 Å². The molecule has 0 aliphatic carbocycles. The third kappa shape index (κ3) is 3.85. The van der Waals surface area contributed by atoms with Gasteiger partial charge in [-0.2, -0.15) is 13.9 Å². The number of amides is 2. The van der Waals surface area contributed by atoms with E-state index in [0.29, 0.717) is 5.56 Å². The molecule has 0 saturated carbocycles. The highest BCUT2D eigenvalue weighted by Crippen LogP contribution is 2.28. The van der Waals surface area contributed by atoms with Gasteiger partial charge in [-0.05, 0) is 24.6 Å². The SMILES string of the molecule is Cc1ccc(S(=O)(=O)[N+](C)(C(=O)NO)C(Cc2ccccc2)C(=O)O)cc1. The van der Waals surface area contributed by atoms with Gasteiger partial charge in [-0.25, -0.2) is 9.59 Å². The number of carboxylic acid groups (broad SMARTS) is 1. The third-order valence-electron chi connectivity index (χ3n) is 4.47. The molecule has 0 aliphatic heterocycles. The Morgan fingerprint density at radius 2 is 1.63 bits per heavy atom. The van der Waals surface area contributed by atoms with Crippen molar-refractivity contribution in [3.05, 3.63) is 65.7 Å². The molecule has 2 aromatic rings. The molecule has 2 rings (SSSR count). The summed E-state index contributed by atoms with van der Waals surface area (Å²) in [4.78, 5) is 24.2. The molecule has 0 fully saturated rings. The van der Waals surface area contributed by atoms with Crippen molar-refractivity contribution in [3.8, 4) is 0 Å². The Morgan fingerprint density at radius 1 is 1.07 bits per heavy atom. The summed E-state index contributed by atoms with van der Waals surface area (Å²) in [6.45, 7) is 1.76. The number of hydrogen-bond donors (Lipinski definition) is 3. The number of nitrogens with zero attached hydrogens (tertiary/aromatic N) is 1. The van der Waals surface area contributed by atoms with Crippen LogP contribution in [0, 0.1) is 6.92 Å². The van der Waals surface area contributed by atoms with Crippen molar-refractivity contribution in [2.45, 2.75) is 24.3 Å². The Bertz CT molecular complexity index is 928. The Labute approximate surface area is 157 Å². The second-order valence-electron chi connectivity index (χ2n) is 6.24. The van der Waals surface area contributed by atoms with Crippen LogP contribution < -0.4 is 5.48 Å². The number of carboxylic acids is 1. The summed E-state index contributed by atoms with van der Waals surface area (Å²) in [5.74, 6) is -1.49. The van der Waals surface area contributed by atoms with Gasteiger partial charge >= 0.3 is 22.0 Å². The molecule has 0 aromatic heterocycles. The summed E-state index contributed by atoms with van der Waals surface area (Å²) >= 11 is 0. The van der Waals surface area contributed by atoms with Crippen LogP contribution in [0.5, 0.6) is 0 Å². The van der Waals surface area contributed by atoms with E-state index in [2.05, 4.69) is 0 Å². The molecule has 0 radical (unpaired) electrons. The van der Waals surface area contributed by atoms with E-state index in [1.807, 2.05) is 0 Å². The van der Waals surface area contributed by atoms with Crippen LogP contribution in [-0.2, 0) is 21.2 Å². The fraction of sp³-hybridized carbons (Fsp3) is 0.222. The van der Waals surface area contributed by atoms with Crippen LogP contribution in [0.15, 0.2) is 59.5 Å². The van der Waals surface area contributed by atoms with Gasteiger partial charge in [0, 0.05) is 6.42 Å². The molecule has 3 N–H and O–H groups in total.